The van der Waals surface area contributed by atoms with E-state index in [0.29, 0.717) is 13.0 Å². The maximum Gasteiger partial charge on any atom is 0.320 e. The van der Waals surface area contributed by atoms with Gasteiger partial charge in [-0.1, -0.05) is 24.3 Å². The van der Waals surface area contributed by atoms with Crippen molar-refractivity contribution in [2.75, 3.05) is 13.6 Å². The molecule has 1 aromatic carbocycles. The molecular weight excluding hydrogens is 268 g/mol. The molecule has 0 radical (unpaired) electrons. The van der Waals surface area contributed by atoms with Gasteiger partial charge in [0, 0.05) is 19.5 Å². The Labute approximate surface area is 125 Å². The van der Waals surface area contributed by atoms with Gasteiger partial charge >= 0.3 is 5.97 Å². The third-order valence-electron chi connectivity index (χ3n) is 4.00. The van der Waals surface area contributed by atoms with Crippen LogP contribution in [0.5, 0.6) is 0 Å². The quantitative estimate of drug-likeness (QED) is 0.860. The Hall–Kier alpha value is -1.88. The molecule has 21 heavy (non-hydrogen) atoms. The predicted octanol–water partition coefficient (Wildman–Crippen LogP) is 1.41. The second kappa shape index (κ2) is 7.22. The minimum Gasteiger partial charge on any atom is -0.480 e. The van der Waals surface area contributed by atoms with Gasteiger partial charge in [-0.15, -0.1) is 0 Å². The Morgan fingerprint density at radius 1 is 1.33 bits per heavy atom. The van der Waals surface area contributed by atoms with Crippen molar-refractivity contribution in [2.45, 2.75) is 38.3 Å². The molecule has 2 rings (SSSR count). The first-order chi connectivity index (χ1) is 10.1. The zero-order valence-electron chi connectivity index (χ0n) is 12.3. The van der Waals surface area contributed by atoms with Crippen molar-refractivity contribution >= 4 is 11.9 Å². The van der Waals surface area contributed by atoms with Gasteiger partial charge in [-0.3, -0.25) is 9.59 Å². The van der Waals surface area contributed by atoms with Crippen LogP contribution < -0.4 is 5.32 Å². The fourth-order valence-electron chi connectivity index (χ4n) is 2.73. The van der Waals surface area contributed by atoms with Crippen LogP contribution in [0.3, 0.4) is 0 Å². The largest absolute Gasteiger partial charge is 0.480 e. The van der Waals surface area contributed by atoms with Crippen LogP contribution in [0.2, 0.25) is 0 Å². The molecule has 0 fully saturated rings. The lowest BCUT2D eigenvalue weighted by Crippen LogP contribution is -2.36. The monoisotopic (exact) mass is 290 g/mol. The Morgan fingerprint density at radius 2 is 2.05 bits per heavy atom. The Morgan fingerprint density at radius 3 is 2.71 bits per heavy atom. The number of carboxylic acids is 1. The highest BCUT2D eigenvalue weighted by Crippen LogP contribution is 2.19. The van der Waals surface area contributed by atoms with E-state index >= 15 is 0 Å². The summed E-state index contributed by atoms with van der Waals surface area (Å²) in [5.41, 5.74) is 2.51. The van der Waals surface area contributed by atoms with Gasteiger partial charge in [-0.25, -0.2) is 0 Å². The van der Waals surface area contributed by atoms with Gasteiger partial charge in [0.15, 0.2) is 0 Å². The number of carbonyl (C=O) groups excluding carboxylic acids is 1. The van der Waals surface area contributed by atoms with Crippen molar-refractivity contribution in [3.05, 3.63) is 35.4 Å². The lowest BCUT2D eigenvalue weighted by atomic mass is 10.0. The Balaban J connectivity index is 1.95. The topological polar surface area (TPSA) is 69.6 Å². The molecule has 114 valence electrons. The third kappa shape index (κ3) is 4.04. The predicted molar refractivity (Wildman–Crippen MR) is 79.9 cm³/mol. The highest BCUT2D eigenvalue weighted by atomic mass is 16.4. The SMILES string of the molecule is CNC(CCC(=O)N1CCCc2ccccc2C1)C(=O)O. The number of likely N-dealkylation sites (N-methyl/N-ethyl adjacent to an activating group) is 1. The summed E-state index contributed by atoms with van der Waals surface area (Å²) in [5, 5.41) is 11.7. The van der Waals surface area contributed by atoms with Crippen molar-refractivity contribution in [1.29, 1.82) is 0 Å². The van der Waals surface area contributed by atoms with Crippen LogP contribution in [-0.4, -0.2) is 41.5 Å². The van der Waals surface area contributed by atoms with Gasteiger partial charge in [-0.05, 0) is 37.4 Å². The zero-order valence-corrected chi connectivity index (χ0v) is 12.3. The second-order valence-electron chi connectivity index (χ2n) is 5.41. The first-order valence-corrected chi connectivity index (χ1v) is 7.36. The van der Waals surface area contributed by atoms with E-state index in [1.807, 2.05) is 17.0 Å². The molecular formula is C16H22N2O3. The van der Waals surface area contributed by atoms with E-state index in [2.05, 4.69) is 17.4 Å². The molecule has 0 aromatic heterocycles. The maximum absolute atomic E-state index is 12.3. The maximum atomic E-state index is 12.3. The van der Waals surface area contributed by atoms with Crippen molar-refractivity contribution in [2.24, 2.45) is 0 Å². The summed E-state index contributed by atoms with van der Waals surface area (Å²) >= 11 is 0. The number of aryl methyl sites for hydroxylation is 1. The number of hydrogen-bond donors (Lipinski definition) is 2. The van der Waals surface area contributed by atoms with Gasteiger partial charge in [0.1, 0.15) is 6.04 Å². The van der Waals surface area contributed by atoms with E-state index in [1.165, 1.54) is 11.1 Å². The number of carboxylic acid groups (broad SMARTS) is 1. The molecule has 1 aliphatic rings. The minimum atomic E-state index is -0.911. The third-order valence-corrected chi connectivity index (χ3v) is 4.00. The normalized spacial score (nSPS) is 16.0. The van der Waals surface area contributed by atoms with E-state index in [0.717, 1.165) is 19.4 Å². The standard InChI is InChI=1S/C16H22N2O3/c1-17-14(16(20)21)8-9-15(19)18-10-4-7-12-5-2-3-6-13(12)11-18/h2-3,5-6,14,17H,4,7-11H2,1H3,(H,20,21). The van der Waals surface area contributed by atoms with Gasteiger partial charge in [0.25, 0.3) is 0 Å². The summed E-state index contributed by atoms with van der Waals surface area (Å²) in [6.07, 6.45) is 2.54. The lowest BCUT2D eigenvalue weighted by molar-refractivity contribution is -0.139. The molecule has 2 N–H and O–H groups in total. The Kier molecular flexibility index (Phi) is 5.33. The van der Waals surface area contributed by atoms with Crippen molar-refractivity contribution in [1.82, 2.24) is 10.2 Å². The highest BCUT2D eigenvalue weighted by Gasteiger charge is 2.21. The van der Waals surface area contributed by atoms with Crippen LogP contribution in [0.15, 0.2) is 24.3 Å². The number of benzene rings is 1. The molecule has 5 heteroatoms. The molecule has 1 aromatic rings. The van der Waals surface area contributed by atoms with Crippen molar-refractivity contribution in [3.8, 4) is 0 Å². The number of nitrogens with one attached hydrogen (secondary N) is 1. The summed E-state index contributed by atoms with van der Waals surface area (Å²) in [4.78, 5) is 25.1. The smallest absolute Gasteiger partial charge is 0.320 e. The highest BCUT2D eigenvalue weighted by molar-refractivity contribution is 5.78. The second-order valence-corrected chi connectivity index (χ2v) is 5.41. The molecule has 1 atom stereocenters. The first-order valence-electron chi connectivity index (χ1n) is 7.36. The van der Waals surface area contributed by atoms with Crippen LogP contribution in [0.25, 0.3) is 0 Å². The average Bonchev–Trinajstić information content (AvgIpc) is 2.69. The number of aliphatic carboxylic acids is 1. The minimum absolute atomic E-state index is 0.0354. The van der Waals surface area contributed by atoms with Crippen LogP contribution in [0, 0.1) is 0 Å². The van der Waals surface area contributed by atoms with Crippen molar-refractivity contribution < 1.29 is 14.7 Å². The van der Waals surface area contributed by atoms with E-state index in [-0.39, 0.29) is 12.3 Å². The van der Waals surface area contributed by atoms with E-state index in [1.54, 1.807) is 7.05 Å². The molecule has 0 bridgehead atoms. The van der Waals surface area contributed by atoms with E-state index in [4.69, 9.17) is 5.11 Å². The number of hydrogen-bond acceptors (Lipinski definition) is 3. The number of fused-ring (bicyclic) bond motifs is 1. The number of amides is 1. The lowest BCUT2D eigenvalue weighted by Gasteiger charge is -2.22. The van der Waals surface area contributed by atoms with E-state index in [9.17, 15) is 9.59 Å². The van der Waals surface area contributed by atoms with Crippen LogP contribution in [0.1, 0.15) is 30.4 Å². The molecule has 1 heterocycles. The molecule has 1 unspecified atom stereocenters. The molecule has 0 spiro atoms. The van der Waals surface area contributed by atoms with Crippen LogP contribution in [0.4, 0.5) is 0 Å². The summed E-state index contributed by atoms with van der Waals surface area (Å²) in [7, 11) is 1.60. The summed E-state index contributed by atoms with van der Waals surface area (Å²) in [6.45, 7) is 1.37. The van der Waals surface area contributed by atoms with Crippen LogP contribution in [-0.2, 0) is 22.6 Å². The molecule has 1 amide bonds. The zero-order chi connectivity index (χ0) is 15.2. The number of rotatable bonds is 5. The van der Waals surface area contributed by atoms with Gasteiger partial charge < -0.3 is 15.3 Å². The number of carbonyl (C=O) groups is 2. The first kappa shape index (κ1) is 15.5. The molecule has 5 nitrogen and oxygen atoms in total. The van der Waals surface area contributed by atoms with Gasteiger partial charge in [-0.2, -0.15) is 0 Å². The Bertz CT molecular complexity index is 516. The molecule has 0 saturated heterocycles. The fourth-order valence-corrected chi connectivity index (χ4v) is 2.73. The summed E-state index contributed by atoms with van der Waals surface area (Å²) in [5.74, 6) is -0.875. The van der Waals surface area contributed by atoms with Gasteiger partial charge in [0.05, 0.1) is 0 Å². The number of nitrogens with zero attached hydrogens (tertiary/aromatic N) is 1. The summed E-state index contributed by atoms with van der Waals surface area (Å²) in [6, 6.07) is 7.54. The van der Waals surface area contributed by atoms with Gasteiger partial charge in [0.2, 0.25) is 5.91 Å². The van der Waals surface area contributed by atoms with Crippen LogP contribution >= 0.6 is 0 Å². The molecule has 0 aliphatic carbocycles. The van der Waals surface area contributed by atoms with E-state index < -0.39 is 12.0 Å². The molecule has 1 aliphatic heterocycles. The molecule has 0 saturated carbocycles. The average molecular weight is 290 g/mol. The van der Waals surface area contributed by atoms with Crippen molar-refractivity contribution in [3.63, 3.8) is 0 Å². The fraction of sp³-hybridized carbons (Fsp3) is 0.500. The summed E-state index contributed by atoms with van der Waals surface area (Å²) < 4.78 is 0.